The fourth-order valence-corrected chi connectivity index (χ4v) is 10.4. The second kappa shape index (κ2) is 30.6. The minimum Gasteiger partial charge on any atom is -0.488 e. The second-order valence-electron chi connectivity index (χ2n) is 27.1. The highest BCUT2D eigenvalue weighted by Crippen LogP contribution is 2.36. The molecule has 0 unspecified atom stereocenters. The van der Waals surface area contributed by atoms with Gasteiger partial charge in [-0.05, 0) is 119 Å². The van der Waals surface area contributed by atoms with E-state index in [2.05, 4.69) is 109 Å². The molecule has 516 valence electrons. The van der Waals surface area contributed by atoms with E-state index < -0.39 is 17.7 Å². The molecule has 6 aromatic carbocycles. The molecule has 0 aliphatic heterocycles. The van der Waals surface area contributed by atoms with E-state index in [-0.39, 0.29) is 30.0 Å². The lowest BCUT2D eigenvalue weighted by Crippen LogP contribution is -2.32. The number of nitrogens with two attached hydrogens (primary N) is 1. The van der Waals surface area contributed by atoms with Crippen LogP contribution in [-0.2, 0) is 41.9 Å². The molecule has 24 nitrogen and oxygen atoms in total. The highest BCUT2D eigenvalue weighted by Gasteiger charge is 2.25. The van der Waals surface area contributed by atoms with E-state index in [9.17, 15) is 14.4 Å². The molecule has 5 amide bonds. The highest BCUT2D eigenvalue weighted by atomic mass is 16.6. The number of nitrogens with zero attached hydrogens (tertiary/aromatic N) is 10. The average molecular weight is 1360 g/mol. The van der Waals surface area contributed by atoms with E-state index >= 15 is 0 Å². The lowest BCUT2D eigenvalue weighted by Gasteiger charge is -2.19. The zero-order chi connectivity index (χ0) is 71.4. The number of benzene rings is 6. The highest BCUT2D eigenvalue weighted by molar-refractivity contribution is 6.08. The molecular formula is C77H82N18O6. The van der Waals surface area contributed by atoms with E-state index in [0.29, 0.717) is 82.3 Å². The van der Waals surface area contributed by atoms with Crippen molar-refractivity contribution >= 4 is 86.0 Å². The Kier molecular flexibility index (Phi) is 21.2. The number of urea groups is 2. The maximum absolute atomic E-state index is 13.5. The van der Waals surface area contributed by atoms with Crippen molar-refractivity contribution in [3.8, 4) is 22.9 Å². The summed E-state index contributed by atoms with van der Waals surface area (Å²) in [5, 5.41) is 34.1. The van der Waals surface area contributed by atoms with Crippen LogP contribution in [0, 0.1) is 13.8 Å². The van der Waals surface area contributed by atoms with Gasteiger partial charge in [0.1, 0.15) is 65.2 Å². The van der Waals surface area contributed by atoms with Gasteiger partial charge in [0.05, 0.1) is 76.9 Å². The number of carbonyl (C=O) groups excluding carboxylic acids is 3. The molecule has 0 aliphatic rings. The van der Waals surface area contributed by atoms with Gasteiger partial charge in [-0.25, -0.2) is 43.7 Å². The Labute approximate surface area is 586 Å². The molecule has 0 atom stereocenters. The zero-order valence-electron chi connectivity index (χ0n) is 58.3. The van der Waals surface area contributed by atoms with Crippen LogP contribution in [-0.4, -0.2) is 73.2 Å². The summed E-state index contributed by atoms with van der Waals surface area (Å²) in [5.41, 5.74) is 14.7. The van der Waals surface area contributed by atoms with Crippen molar-refractivity contribution in [3.05, 3.63) is 240 Å². The Hall–Kier alpha value is -12.3. The van der Waals surface area contributed by atoms with Gasteiger partial charge >= 0.3 is 18.2 Å². The minimum atomic E-state index is -0.585. The third-order valence-corrected chi connectivity index (χ3v) is 15.6. The van der Waals surface area contributed by atoms with Crippen LogP contribution in [0.1, 0.15) is 107 Å². The van der Waals surface area contributed by atoms with Crippen LogP contribution in [0.2, 0.25) is 0 Å². The molecule has 9 N–H and O–H groups in total. The molecule has 12 aromatic rings. The Balaban J connectivity index is 0.000000205. The summed E-state index contributed by atoms with van der Waals surface area (Å²) in [6, 6.07) is 49.6. The lowest BCUT2D eigenvalue weighted by molar-refractivity contribution is 0.0522. The largest absolute Gasteiger partial charge is 0.488 e. The topological polar surface area (TPSA) is 302 Å². The van der Waals surface area contributed by atoms with E-state index in [1.54, 1.807) is 67.3 Å². The maximum Gasteiger partial charge on any atom is 0.407 e. The van der Waals surface area contributed by atoms with Gasteiger partial charge in [-0.2, -0.15) is 10.2 Å². The van der Waals surface area contributed by atoms with Crippen LogP contribution >= 0.6 is 0 Å². The van der Waals surface area contributed by atoms with Gasteiger partial charge in [-0.3, -0.25) is 20.6 Å². The molecule has 24 heteroatoms. The summed E-state index contributed by atoms with van der Waals surface area (Å²) in [4.78, 5) is 64.9. The molecule has 6 aromatic heterocycles. The molecule has 12 rings (SSSR count). The van der Waals surface area contributed by atoms with E-state index in [1.165, 1.54) is 0 Å². The van der Waals surface area contributed by atoms with Crippen LogP contribution in [0.4, 0.5) is 60.7 Å². The summed E-state index contributed by atoms with van der Waals surface area (Å²) < 4.78 is 21.3. The molecule has 0 saturated heterocycles. The third kappa shape index (κ3) is 18.7. The molecule has 101 heavy (non-hydrogen) atoms. The first-order valence-corrected chi connectivity index (χ1v) is 32.9. The summed E-state index contributed by atoms with van der Waals surface area (Å²) in [7, 11) is 0. The molecule has 0 saturated carbocycles. The summed E-state index contributed by atoms with van der Waals surface area (Å²) in [6.07, 6.45) is 9.27. The number of hydrogen-bond donors (Lipinski definition) is 8. The van der Waals surface area contributed by atoms with Gasteiger partial charge in [-0.15, -0.1) is 0 Å². The molecule has 0 radical (unpaired) electrons. The second-order valence-corrected chi connectivity index (χ2v) is 27.1. The van der Waals surface area contributed by atoms with E-state index in [4.69, 9.17) is 30.1 Å². The SMILES string of the molecule is Cc1ccc(-n2nc(C(C)(C)C)cc2NC(=O)Nc2ccc(OCc3ccnc(Nc4cnc(CN)cn4)c3)c3ccccc23)cc1.Cc1ccc(-n2nc(C(C)(C)C)cc2NC(=O)Nc2ccc(OCc3ccnc(Nc4cnc(CNC(=O)OC(C)(C)C)cn4)c3)c3ccccc23)cc1. The van der Waals surface area contributed by atoms with Crippen LogP contribution < -0.4 is 52.4 Å². The number of hydrogen-bond acceptors (Lipinski definition) is 17. The predicted molar refractivity (Wildman–Crippen MR) is 396 cm³/mol. The molecular weight excluding hydrogens is 1270 g/mol. The Morgan fingerprint density at radius 3 is 1.28 bits per heavy atom. The van der Waals surface area contributed by atoms with Gasteiger partial charge < -0.3 is 46.5 Å². The molecule has 0 fully saturated rings. The number of pyridine rings is 2. The maximum atomic E-state index is 13.5. The summed E-state index contributed by atoms with van der Waals surface area (Å²) in [5.74, 6) is 4.74. The molecule has 0 spiro atoms. The number of ether oxygens (including phenoxy) is 3. The van der Waals surface area contributed by atoms with Crippen molar-refractivity contribution in [2.75, 3.05) is 31.9 Å². The lowest BCUT2D eigenvalue weighted by atomic mass is 9.92. The van der Waals surface area contributed by atoms with Crippen molar-refractivity contribution in [2.45, 2.75) is 119 Å². The van der Waals surface area contributed by atoms with Gasteiger partial charge in [0.25, 0.3) is 0 Å². The first-order chi connectivity index (χ1) is 48.4. The first kappa shape index (κ1) is 70.0. The summed E-state index contributed by atoms with van der Waals surface area (Å²) in [6.45, 7) is 23.1. The van der Waals surface area contributed by atoms with Crippen molar-refractivity contribution in [2.24, 2.45) is 5.73 Å². The number of anilines is 8. The number of amides is 5. The van der Waals surface area contributed by atoms with Gasteiger partial charge in [0, 0.05) is 63.4 Å². The van der Waals surface area contributed by atoms with Crippen LogP contribution in [0.5, 0.6) is 11.5 Å². The standard InChI is InChI=1S/C41H45N9O4.C36H37N9O2/c1-26-12-14-29(15-13-26)50-37(21-34(49-50)40(2,3)4)48-38(51)46-32-16-17-33(31-11-9-8-10-30(31)32)53-25-27-18-19-42-35(20-27)47-36-24-43-28(22-44-36)23-45-39(52)54-41(5,6)7;1-23-9-11-26(12-10-23)45-34(18-31(44-45)36(2,3)4)43-35(46)41-29-13-14-30(28-8-6-5-7-27(28)29)47-22-24-15-16-38-32(17-24)42-33-21-39-25(19-37)20-40-33/h8-22,24H,23,25H2,1-7H3,(H,45,52)(H,42,44,47)(H2,46,48,51);5-18,20-21H,19,22,37H2,1-4H3,(H,38,40,42)(H2,41,43,46). The first-order valence-electron chi connectivity index (χ1n) is 32.9. The predicted octanol–water partition coefficient (Wildman–Crippen LogP) is 16.0. The van der Waals surface area contributed by atoms with Crippen LogP contribution in [0.25, 0.3) is 32.9 Å². The fourth-order valence-electron chi connectivity index (χ4n) is 10.4. The molecule has 0 aliphatic carbocycles. The Morgan fingerprint density at radius 1 is 0.455 bits per heavy atom. The number of alkyl carbamates (subject to hydrolysis) is 1. The van der Waals surface area contributed by atoms with Crippen molar-refractivity contribution in [1.82, 2.24) is 54.8 Å². The monoisotopic (exact) mass is 1350 g/mol. The zero-order valence-corrected chi connectivity index (χ0v) is 58.3. The summed E-state index contributed by atoms with van der Waals surface area (Å²) >= 11 is 0. The number of aromatic nitrogens is 10. The average Bonchev–Trinajstić information content (AvgIpc) is 1.73. The number of fused-ring (bicyclic) bond motifs is 2. The number of rotatable bonds is 19. The van der Waals surface area contributed by atoms with E-state index in [0.717, 1.165) is 66.6 Å². The van der Waals surface area contributed by atoms with Crippen LogP contribution in [0.15, 0.2) is 195 Å². The number of aryl methyl sites for hydroxylation is 2. The quantitative estimate of drug-likeness (QED) is 0.0373. The Bertz CT molecular complexity index is 4880. The van der Waals surface area contributed by atoms with Gasteiger partial charge in [0.15, 0.2) is 0 Å². The smallest absolute Gasteiger partial charge is 0.407 e. The fraction of sp³-hybridized carbons (Fsp3) is 0.234. The Morgan fingerprint density at radius 2 is 0.881 bits per heavy atom. The minimum absolute atomic E-state index is 0.186. The van der Waals surface area contributed by atoms with Crippen molar-refractivity contribution < 1.29 is 28.6 Å². The number of nitrogens with one attached hydrogen (secondary N) is 7. The third-order valence-electron chi connectivity index (χ3n) is 15.6. The molecule has 6 heterocycles. The van der Waals surface area contributed by atoms with Gasteiger partial charge in [-0.1, -0.05) is 125 Å². The van der Waals surface area contributed by atoms with Gasteiger partial charge in [0.2, 0.25) is 0 Å². The number of carbonyl (C=O) groups is 3. The normalized spacial score (nSPS) is 11.4. The van der Waals surface area contributed by atoms with E-state index in [1.807, 2.05) is 172 Å². The van der Waals surface area contributed by atoms with Crippen molar-refractivity contribution in [1.29, 1.82) is 0 Å². The molecule has 0 bridgehead atoms. The van der Waals surface area contributed by atoms with Crippen molar-refractivity contribution in [3.63, 3.8) is 0 Å². The van der Waals surface area contributed by atoms with Crippen LogP contribution in [0.3, 0.4) is 0 Å².